The lowest BCUT2D eigenvalue weighted by molar-refractivity contribution is -0.163. The first-order valence-corrected chi connectivity index (χ1v) is 29.5. The molecule has 0 bridgehead atoms. The molecule has 0 aromatic rings. The molecule has 0 aromatic carbocycles. The third-order valence-electron chi connectivity index (χ3n) is 12.7. The van der Waals surface area contributed by atoms with Crippen LogP contribution in [0.1, 0.15) is 290 Å². The summed E-state index contributed by atoms with van der Waals surface area (Å²) >= 11 is 0. The molecule has 68 heavy (non-hydrogen) atoms. The van der Waals surface area contributed by atoms with E-state index in [4.69, 9.17) is 14.2 Å². The van der Waals surface area contributed by atoms with Gasteiger partial charge in [-0.3, -0.25) is 9.59 Å². The van der Waals surface area contributed by atoms with Crippen LogP contribution in [0, 0.1) is 0 Å². The predicted molar refractivity (Wildman–Crippen MR) is 297 cm³/mol. The van der Waals surface area contributed by atoms with Crippen molar-refractivity contribution in [1.29, 1.82) is 0 Å². The Labute approximate surface area is 423 Å². The van der Waals surface area contributed by atoms with Gasteiger partial charge in [0.1, 0.15) is 6.61 Å². The SMILES string of the molecule is CC/C=C\C/C=C\C/C=C\C/C=C\CCCCCCCOCC(COC(=O)CCCCCCCCCCCCCCCCCCCCC)OC(=O)CCCCCCC/C=C\C/C=C\CCCCC. The third kappa shape index (κ3) is 55.9. The van der Waals surface area contributed by atoms with Crippen LogP contribution in [-0.4, -0.2) is 37.9 Å². The van der Waals surface area contributed by atoms with Gasteiger partial charge in [-0.05, 0) is 89.9 Å². The van der Waals surface area contributed by atoms with Crippen molar-refractivity contribution in [3.8, 4) is 0 Å². The summed E-state index contributed by atoms with van der Waals surface area (Å²) in [5.41, 5.74) is 0. The molecule has 0 aliphatic rings. The molecule has 0 aromatic heterocycles. The molecule has 0 fully saturated rings. The number of unbranched alkanes of at least 4 members (excludes halogenated alkanes) is 31. The van der Waals surface area contributed by atoms with Crippen molar-refractivity contribution in [2.24, 2.45) is 0 Å². The molecule has 0 saturated carbocycles. The van der Waals surface area contributed by atoms with Crippen LogP contribution in [0.15, 0.2) is 72.9 Å². The quantitative estimate of drug-likeness (QED) is 0.0345. The standard InChI is InChI=1S/C63H112O5/c1-4-7-10-13-16-19-22-25-28-30-32-33-36-38-41-44-47-50-53-56-62(64)67-60-61(68-63(65)57-54-51-48-45-42-39-35-27-24-21-18-15-12-9-6-3)59-66-58-55-52-49-46-43-40-37-34-31-29-26-23-20-17-14-11-8-5-2/h8,11,17-18,20-21,26-27,29,34-35,37,61H,4-7,9-10,12-16,19,22-25,28,30-33,36,38-60H2,1-3H3/b11-8-,20-17-,21-18-,29-26-,35-27-,37-34-. The second kappa shape index (κ2) is 58.7. The number of hydrogen-bond acceptors (Lipinski definition) is 5. The van der Waals surface area contributed by atoms with Crippen LogP contribution in [0.25, 0.3) is 0 Å². The number of rotatable bonds is 54. The molecule has 394 valence electrons. The number of esters is 2. The molecule has 0 saturated heterocycles. The van der Waals surface area contributed by atoms with Crippen LogP contribution in [0.3, 0.4) is 0 Å². The normalized spacial score (nSPS) is 12.7. The zero-order chi connectivity index (χ0) is 49.2. The maximum absolute atomic E-state index is 12.9. The van der Waals surface area contributed by atoms with Gasteiger partial charge in [-0.2, -0.15) is 0 Å². The van der Waals surface area contributed by atoms with Crippen LogP contribution in [0.4, 0.5) is 0 Å². The van der Waals surface area contributed by atoms with Gasteiger partial charge in [0, 0.05) is 19.4 Å². The van der Waals surface area contributed by atoms with Crippen molar-refractivity contribution in [2.75, 3.05) is 19.8 Å². The highest BCUT2D eigenvalue weighted by molar-refractivity contribution is 5.70. The fourth-order valence-corrected chi connectivity index (χ4v) is 8.36. The summed E-state index contributed by atoms with van der Waals surface area (Å²) in [6.45, 7) is 7.67. The Morgan fingerprint density at radius 1 is 0.338 bits per heavy atom. The third-order valence-corrected chi connectivity index (χ3v) is 12.7. The van der Waals surface area contributed by atoms with Gasteiger partial charge in [-0.15, -0.1) is 0 Å². The van der Waals surface area contributed by atoms with Crippen LogP contribution >= 0.6 is 0 Å². The van der Waals surface area contributed by atoms with E-state index in [0.717, 1.165) is 89.9 Å². The fraction of sp³-hybridized carbons (Fsp3) is 0.778. The lowest BCUT2D eigenvalue weighted by Gasteiger charge is -2.18. The Bertz CT molecular complexity index is 1210. The van der Waals surface area contributed by atoms with Crippen molar-refractivity contribution >= 4 is 11.9 Å². The van der Waals surface area contributed by atoms with E-state index in [2.05, 4.69) is 93.7 Å². The second-order valence-corrected chi connectivity index (χ2v) is 19.5. The molecule has 5 nitrogen and oxygen atoms in total. The molecule has 1 unspecified atom stereocenters. The maximum Gasteiger partial charge on any atom is 0.306 e. The molecule has 1 atom stereocenters. The average molecular weight is 950 g/mol. The Morgan fingerprint density at radius 3 is 1.09 bits per heavy atom. The molecule has 0 amide bonds. The molecular weight excluding hydrogens is 837 g/mol. The number of carbonyl (C=O) groups is 2. The van der Waals surface area contributed by atoms with E-state index in [-0.39, 0.29) is 25.2 Å². The van der Waals surface area contributed by atoms with E-state index in [9.17, 15) is 9.59 Å². The van der Waals surface area contributed by atoms with Crippen molar-refractivity contribution in [2.45, 2.75) is 297 Å². The van der Waals surface area contributed by atoms with Crippen LogP contribution in [0.2, 0.25) is 0 Å². The number of allylic oxidation sites excluding steroid dienone is 12. The fourth-order valence-electron chi connectivity index (χ4n) is 8.36. The summed E-state index contributed by atoms with van der Waals surface area (Å²) in [5.74, 6) is -0.413. The van der Waals surface area contributed by atoms with Crippen molar-refractivity contribution in [1.82, 2.24) is 0 Å². The van der Waals surface area contributed by atoms with Gasteiger partial charge >= 0.3 is 11.9 Å². The highest BCUT2D eigenvalue weighted by Gasteiger charge is 2.17. The Kier molecular flexibility index (Phi) is 56.4. The zero-order valence-corrected chi connectivity index (χ0v) is 45.4. The van der Waals surface area contributed by atoms with E-state index in [1.165, 1.54) is 167 Å². The zero-order valence-electron chi connectivity index (χ0n) is 45.4. The topological polar surface area (TPSA) is 61.8 Å². The van der Waals surface area contributed by atoms with Gasteiger partial charge in [0.05, 0.1) is 6.61 Å². The summed E-state index contributed by atoms with van der Waals surface area (Å²) in [6.07, 6.45) is 76.4. The molecule has 0 spiro atoms. The van der Waals surface area contributed by atoms with Gasteiger partial charge in [0.2, 0.25) is 0 Å². The van der Waals surface area contributed by atoms with E-state index in [1.54, 1.807) is 0 Å². The van der Waals surface area contributed by atoms with E-state index in [1.807, 2.05) is 0 Å². The first-order chi connectivity index (χ1) is 33.6. The van der Waals surface area contributed by atoms with Crippen LogP contribution in [0.5, 0.6) is 0 Å². The molecule has 5 heteroatoms. The van der Waals surface area contributed by atoms with E-state index >= 15 is 0 Å². The van der Waals surface area contributed by atoms with Gasteiger partial charge in [0.15, 0.2) is 6.10 Å². The van der Waals surface area contributed by atoms with Gasteiger partial charge in [-0.25, -0.2) is 0 Å². The molecule has 0 aliphatic carbocycles. The minimum Gasteiger partial charge on any atom is -0.462 e. The van der Waals surface area contributed by atoms with Crippen molar-refractivity contribution in [3.63, 3.8) is 0 Å². The van der Waals surface area contributed by atoms with Crippen LogP contribution < -0.4 is 0 Å². The first kappa shape index (κ1) is 65.3. The minimum atomic E-state index is -0.555. The van der Waals surface area contributed by atoms with Crippen molar-refractivity contribution in [3.05, 3.63) is 72.9 Å². The largest absolute Gasteiger partial charge is 0.462 e. The maximum atomic E-state index is 12.9. The van der Waals surface area contributed by atoms with Gasteiger partial charge in [-0.1, -0.05) is 261 Å². The monoisotopic (exact) mass is 949 g/mol. The second-order valence-electron chi connectivity index (χ2n) is 19.5. The number of carbonyl (C=O) groups excluding carboxylic acids is 2. The predicted octanol–water partition coefficient (Wildman–Crippen LogP) is 20.2. The summed E-state index contributed by atoms with van der Waals surface area (Å²) in [4.78, 5) is 25.5. The molecular formula is C63H112O5. The number of hydrogen-bond donors (Lipinski definition) is 0. The van der Waals surface area contributed by atoms with E-state index < -0.39 is 6.10 Å². The van der Waals surface area contributed by atoms with Crippen molar-refractivity contribution < 1.29 is 23.8 Å². The Morgan fingerprint density at radius 2 is 0.662 bits per heavy atom. The minimum absolute atomic E-state index is 0.0726. The van der Waals surface area contributed by atoms with Gasteiger partial charge < -0.3 is 14.2 Å². The lowest BCUT2D eigenvalue weighted by Crippen LogP contribution is -2.30. The van der Waals surface area contributed by atoms with Gasteiger partial charge in [0.25, 0.3) is 0 Å². The molecule has 0 radical (unpaired) electrons. The smallest absolute Gasteiger partial charge is 0.306 e. The van der Waals surface area contributed by atoms with E-state index in [0.29, 0.717) is 19.4 Å². The lowest BCUT2D eigenvalue weighted by atomic mass is 10.0. The summed E-state index contributed by atoms with van der Waals surface area (Å²) in [7, 11) is 0. The summed E-state index contributed by atoms with van der Waals surface area (Å²) in [5, 5.41) is 0. The Balaban J connectivity index is 4.29. The summed E-state index contributed by atoms with van der Waals surface area (Å²) < 4.78 is 17.5. The Hall–Kier alpha value is -2.66. The molecule has 0 N–H and O–H groups in total. The molecule has 0 heterocycles. The molecule has 0 rings (SSSR count). The summed E-state index contributed by atoms with van der Waals surface area (Å²) in [6, 6.07) is 0. The highest BCUT2D eigenvalue weighted by Crippen LogP contribution is 2.16. The molecule has 0 aliphatic heterocycles. The average Bonchev–Trinajstić information content (AvgIpc) is 3.34. The highest BCUT2D eigenvalue weighted by atomic mass is 16.6. The first-order valence-electron chi connectivity index (χ1n) is 29.5. The van der Waals surface area contributed by atoms with Crippen LogP contribution in [-0.2, 0) is 23.8 Å². The number of ether oxygens (including phenoxy) is 3.